The Balaban J connectivity index is 1.79. The van der Waals surface area contributed by atoms with Crippen LogP contribution in [0, 0.1) is 0 Å². The molecule has 1 fully saturated rings. The second kappa shape index (κ2) is 9.09. The van der Waals surface area contributed by atoms with Gasteiger partial charge in [0.1, 0.15) is 24.1 Å². The van der Waals surface area contributed by atoms with Crippen LogP contribution in [0.2, 0.25) is 0 Å². The molecule has 31 heavy (non-hydrogen) atoms. The Morgan fingerprint density at radius 2 is 1.94 bits per heavy atom. The maximum atomic E-state index is 12.7. The lowest BCUT2D eigenvalue weighted by molar-refractivity contribution is -0.0605. The van der Waals surface area contributed by atoms with Crippen molar-refractivity contribution in [2.75, 3.05) is 12.4 Å². The SMILES string of the molecule is CCC(CC)P(=O)(O)OC(C)(C)CC1OC(n2cnc3c(NC)ncnc32)C(O)C1O. The molecule has 2 aromatic rings. The van der Waals surface area contributed by atoms with E-state index in [9.17, 15) is 19.7 Å². The fourth-order valence-electron chi connectivity index (χ4n) is 4.05. The van der Waals surface area contributed by atoms with Crippen LogP contribution in [-0.4, -0.2) is 71.2 Å². The van der Waals surface area contributed by atoms with E-state index in [0.717, 1.165) is 0 Å². The number of nitrogens with one attached hydrogen (secondary N) is 1. The van der Waals surface area contributed by atoms with Gasteiger partial charge in [0.15, 0.2) is 17.7 Å². The number of fused-ring (bicyclic) bond motifs is 1. The van der Waals surface area contributed by atoms with Gasteiger partial charge in [-0.05, 0) is 26.7 Å². The molecule has 0 amide bonds. The number of imidazole rings is 1. The summed E-state index contributed by atoms with van der Waals surface area (Å²) in [4.78, 5) is 23.0. The predicted molar refractivity (Wildman–Crippen MR) is 115 cm³/mol. The third-order valence-corrected chi connectivity index (χ3v) is 8.09. The summed E-state index contributed by atoms with van der Waals surface area (Å²) >= 11 is 0. The van der Waals surface area contributed by atoms with Crippen LogP contribution in [0.4, 0.5) is 5.82 Å². The van der Waals surface area contributed by atoms with Gasteiger partial charge in [-0.25, -0.2) is 15.0 Å². The molecular formula is C19H32N5O6P. The number of hydrogen-bond acceptors (Lipinski definition) is 9. The lowest BCUT2D eigenvalue weighted by atomic mass is 9.97. The Labute approximate surface area is 181 Å². The van der Waals surface area contributed by atoms with Crippen LogP contribution in [0.3, 0.4) is 0 Å². The summed E-state index contributed by atoms with van der Waals surface area (Å²) in [6.45, 7) is 7.04. The van der Waals surface area contributed by atoms with Crippen LogP contribution in [0.5, 0.6) is 0 Å². The number of aliphatic hydroxyl groups is 2. The molecule has 1 aliphatic rings. The molecule has 3 heterocycles. The summed E-state index contributed by atoms with van der Waals surface area (Å²) in [7, 11) is -2.15. The summed E-state index contributed by atoms with van der Waals surface area (Å²) < 4.78 is 25.9. The van der Waals surface area contributed by atoms with Crippen LogP contribution in [0.15, 0.2) is 12.7 Å². The van der Waals surface area contributed by atoms with Crippen LogP contribution in [0.25, 0.3) is 11.2 Å². The van der Waals surface area contributed by atoms with E-state index < -0.39 is 43.4 Å². The van der Waals surface area contributed by atoms with Gasteiger partial charge in [-0.1, -0.05) is 13.8 Å². The maximum Gasteiger partial charge on any atom is 0.331 e. The molecule has 0 aliphatic carbocycles. The third kappa shape index (κ3) is 4.76. The normalized spacial score (nSPS) is 26.5. The van der Waals surface area contributed by atoms with Crippen molar-refractivity contribution in [3.63, 3.8) is 0 Å². The van der Waals surface area contributed by atoms with E-state index in [0.29, 0.717) is 29.8 Å². The zero-order valence-electron chi connectivity index (χ0n) is 18.5. The monoisotopic (exact) mass is 457 g/mol. The molecule has 174 valence electrons. The van der Waals surface area contributed by atoms with Gasteiger partial charge >= 0.3 is 7.60 Å². The molecule has 11 nitrogen and oxygen atoms in total. The molecule has 1 aliphatic heterocycles. The molecule has 0 aromatic carbocycles. The smallest absolute Gasteiger partial charge is 0.331 e. The highest BCUT2D eigenvalue weighted by Gasteiger charge is 2.47. The molecule has 0 spiro atoms. The Morgan fingerprint density at radius 3 is 2.55 bits per heavy atom. The van der Waals surface area contributed by atoms with Crippen molar-refractivity contribution in [2.24, 2.45) is 0 Å². The standard InChI is InChI=1S/C19H32N5O6P/c1-6-11(7-2)31(27,28)30-19(3,4)8-12-14(25)15(26)18(29-12)24-10-23-13-16(20-5)21-9-22-17(13)24/h9-12,14-15,18,25-26H,6-8H2,1-5H3,(H,27,28)(H,20,21,22). The first-order valence-electron chi connectivity index (χ1n) is 10.4. The highest BCUT2D eigenvalue weighted by molar-refractivity contribution is 7.53. The number of anilines is 1. The first-order chi connectivity index (χ1) is 14.5. The first-order valence-corrected chi connectivity index (χ1v) is 12.1. The average molecular weight is 457 g/mol. The van der Waals surface area contributed by atoms with Crippen molar-refractivity contribution < 1.29 is 28.9 Å². The summed E-state index contributed by atoms with van der Waals surface area (Å²) in [5.74, 6) is 0.531. The van der Waals surface area contributed by atoms with E-state index in [1.807, 2.05) is 13.8 Å². The number of hydrogen-bond donors (Lipinski definition) is 4. The molecule has 4 N–H and O–H groups in total. The minimum atomic E-state index is -3.86. The highest BCUT2D eigenvalue weighted by atomic mass is 31.2. The van der Waals surface area contributed by atoms with Crippen molar-refractivity contribution in [1.82, 2.24) is 19.5 Å². The van der Waals surface area contributed by atoms with Crippen molar-refractivity contribution in [1.29, 1.82) is 0 Å². The van der Waals surface area contributed by atoms with Gasteiger partial charge < -0.3 is 29.7 Å². The molecule has 2 aromatic heterocycles. The Kier molecular flexibility index (Phi) is 7.05. The van der Waals surface area contributed by atoms with Gasteiger partial charge in [0.2, 0.25) is 0 Å². The molecule has 0 bridgehead atoms. The van der Waals surface area contributed by atoms with Crippen molar-refractivity contribution in [3.05, 3.63) is 12.7 Å². The Bertz CT molecular complexity index is 949. The lowest BCUT2D eigenvalue weighted by Crippen LogP contribution is -2.37. The van der Waals surface area contributed by atoms with Gasteiger partial charge in [0, 0.05) is 13.5 Å². The fourth-order valence-corrected chi connectivity index (χ4v) is 5.90. The van der Waals surface area contributed by atoms with Crippen molar-refractivity contribution in [2.45, 2.75) is 82.8 Å². The fraction of sp³-hybridized carbons (Fsp3) is 0.737. The molecule has 1 saturated heterocycles. The highest BCUT2D eigenvalue weighted by Crippen LogP contribution is 2.54. The molecule has 5 atom stereocenters. The van der Waals surface area contributed by atoms with E-state index in [2.05, 4.69) is 20.3 Å². The molecule has 5 unspecified atom stereocenters. The average Bonchev–Trinajstić information content (AvgIpc) is 3.23. The first kappa shape index (κ1) is 24.0. The van der Waals surface area contributed by atoms with Crippen LogP contribution in [0.1, 0.15) is 53.2 Å². The number of rotatable bonds is 9. The number of ether oxygens (including phenoxy) is 1. The van der Waals surface area contributed by atoms with Crippen molar-refractivity contribution >= 4 is 24.6 Å². The Morgan fingerprint density at radius 1 is 1.26 bits per heavy atom. The molecule has 0 radical (unpaired) electrons. The van der Waals surface area contributed by atoms with Gasteiger partial charge in [-0.3, -0.25) is 9.13 Å². The zero-order valence-corrected chi connectivity index (χ0v) is 19.4. The lowest BCUT2D eigenvalue weighted by Gasteiger charge is -2.33. The quantitative estimate of drug-likeness (QED) is 0.412. The maximum absolute atomic E-state index is 12.7. The molecule has 3 rings (SSSR count). The minimum absolute atomic E-state index is 0.107. The molecular weight excluding hydrogens is 425 g/mol. The zero-order chi connectivity index (χ0) is 23.0. The molecule has 12 heteroatoms. The minimum Gasteiger partial charge on any atom is -0.388 e. The summed E-state index contributed by atoms with van der Waals surface area (Å²) in [5, 5.41) is 24.2. The largest absolute Gasteiger partial charge is 0.388 e. The van der Waals surface area contributed by atoms with Gasteiger partial charge in [-0.2, -0.15) is 0 Å². The third-order valence-electron chi connectivity index (χ3n) is 5.68. The van der Waals surface area contributed by atoms with Gasteiger partial charge in [0.25, 0.3) is 0 Å². The van der Waals surface area contributed by atoms with E-state index in [-0.39, 0.29) is 6.42 Å². The van der Waals surface area contributed by atoms with Crippen LogP contribution < -0.4 is 5.32 Å². The second-order valence-electron chi connectivity index (χ2n) is 8.43. The van der Waals surface area contributed by atoms with Gasteiger partial charge in [-0.15, -0.1) is 0 Å². The van der Waals surface area contributed by atoms with Crippen molar-refractivity contribution in [3.8, 4) is 0 Å². The van der Waals surface area contributed by atoms with E-state index in [1.54, 1.807) is 25.5 Å². The summed E-state index contributed by atoms with van der Waals surface area (Å²) in [5.41, 5.74) is -0.571. The summed E-state index contributed by atoms with van der Waals surface area (Å²) in [6.07, 6.45) is -0.222. The number of aromatic nitrogens is 4. The summed E-state index contributed by atoms with van der Waals surface area (Å²) in [6, 6.07) is 0. The van der Waals surface area contributed by atoms with Crippen LogP contribution in [-0.2, 0) is 13.8 Å². The van der Waals surface area contributed by atoms with Gasteiger partial charge in [0.05, 0.1) is 23.7 Å². The second-order valence-corrected chi connectivity index (χ2v) is 10.5. The van der Waals surface area contributed by atoms with Crippen LogP contribution >= 0.6 is 7.60 Å². The van der Waals surface area contributed by atoms with E-state index in [4.69, 9.17) is 9.26 Å². The predicted octanol–water partition coefficient (Wildman–Crippen LogP) is 2.05. The number of nitrogens with zero attached hydrogens (tertiary/aromatic N) is 4. The van der Waals surface area contributed by atoms with E-state index >= 15 is 0 Å². The topological polar surface area (TPSA) is 152 Å². The van der Waals surface area contributed by atoms with E-state index in [1.165, 1.54) is 12.7 Å². The Hall–Kier alpha value is -1.62. The number of aliphatic hydroxyl groups excluding tert-OH is 2. The molecule has 0 saturated carbocycles.